The Morgan fingerprint density at radius 2 is 1.88 bits per heavy atom. The second kappa shape index (κ2) is 13.5. The molecule has 0 aliphatic carbocycles. The van der Waals surface area contributed by atoms with Crippen LogP contribution in [0.2, 0.25) is 0 Å². The van der Waals surface area contributed by atoms with Crippen LogP contribution in [-0.2, 0) is 22.7 Å². The number of hydrogen-bond donors (Lipinski definition) is 4. The summed E-state index contributed by atoms with van der Waals surface area (Å²) in [6.07, 6.45) is -0.350. The van der Waals surface area contributed by atoms with Gasteiger partial charge in [0.25, 0.3) is 5.91 Å². The highest BCUT2D eigenvalue weighted by Gasteiger charge is 2.33. The molecule has 1 aliphatic rings. The van der Waals surface area contributed by atoms with Crippen molar-refractivity contribution in [1.29, 1.82) is 0 Å². The van der Waals surface area contributed by atoms with Gasteiger partial charge in [-0.2, -0.15) is 0 Å². The Labute approximate surface area is 268 Å². The number of thioether (sulfide) groups is 1. The lowest BCUT2D eigenvalue weighted by Crippen LogP contribution is -2.52. The number of carbonyl (C=O) groups is 2. The van der Waals surface area contributed by atoms with Crippen LogP contribution in [0.4, 0.5) is 5.69 Å². The van der Waals surface area contributed by atoms with Crippen molar-refractivity contribution >= 4 is 66.6 Å². The van der Waals surface area contributed by atoms with E-state index in [1.54, 1.807) is 34.9 Å². The molecule has 2 amide bonds. The number of halogens is 1. The van der Waals surface area contributed by atoms with Crippen LogP contribution in [0.1, 0.15) is 38.3 Å². The molecule has 2 heterocycles. The van der Waals surface area contributed by atoms with Gasteiger partial charge in [0.1, 0.15) is 6.04 Å². The molecule has 226 valence electrons. The zero-order chi connectivity index (χ0) is 30.7. The first kappa shape index (κ1) is 31.7. The van der Waals surface area contributed by atoms with Gasteiger partial charge in [-0.25, -0.2) is 0 Å². The summed E-state index contributed by atoms with van der Waals surface area (Å²) >= 11 is 7.05. The Balaban J connectivity index is 1.41. The van der Waals surface area contributed by atoms with Crippen LogP contribution < -0.4 is 15.5 Å². The normalized spacial score (nSPS) is 16.2. The molecule has 0 spiro atoms. The molecule has 3 aromatic carbocycles. The molecule has 0 unspecified atom stereocenters. The van der Waals surface area contributed by atoms with Crippen LogP contribution in [0, 0.1) is 0 Å². The van der Waals surface area contributed by atoms with E-state index in [2.05, 4.69) is 38.7 Å². The molecule has 2 atom stereocenters. The summed E-state index contributed by atoms with van der Waals surface area (Å²) in [5.41, 5.74) is 3.13. The number of rotatable bonds is 10. The van der Waals surface area contributed by atoms with Crippen LogP contribution in [-0.4, -0.2) is 52.0 Å². The van der Waals surface area contributed by atoms with E-state index in [9.17, 15) is 19.8 Å². The van der Waals surface area contributed by atoms with Gasteiger partial charge >= 0.3 is 0 Å². The highest BCUT2D eigenvalue weighted by Crippen LogP contribution is 2.44. The highest BCUT2D eigenvalue weighted by molar-refractivity contribution is 9.10. The average molecular weight is 683 g/mol. The third-order valence-electron chi connectivity index (χ3n) is 7.40. The second-order valence-corrected chi connectivity index (χ2v) is 14.4. The number of β-amino-alcohol motifs (C(OH)–C–C–N with tert-alkyl or cyclic N) is 1. The van der Waals surface area contributed by atoms with Crippen molar-refractivity contribution in [2.75, 3.05) is 17.2 Å². The van der Waals surface area contributed by atoms with Gasteiger partial charge in [0, 0.05) is 43.7 Å². The number of nitrogens with one attached hydrogen (secondary N) is 2. The van der Waals surface area contributed by atoms with Gasteiger partial charge in [0.05, 0.1) is 29.8 Å². The Morgan fingerprint density at radius 3 is 2.65 bits per heavy atom. The van der Waals surface area contributed by atoms with Crippen molar-refractivity contribution in [3.63, 3.8) is 0 Å². The monoisotopic (exact) mass is 681 g/mol. The summed E-state index contributed by atoms with van der Waals surface area (Å²) in [7, 11) is 0. The Hall–Kier alpha value is -2.73. The second-order valence-electron chi connectivity index (χ2n) is 11.5. The van der Waals surface area contributed by atoms with Crippen molar-refractivity contribution in [2.24, 2.45) is 0 Å². The molecular formula is C33H36BrN3O4S2. The Bertz CT molecular complexity index is 1640. The molecule has 0 fully saturated rings. The maximum atomic E-state index is 14.0. The average Bonchev–Trinajstić information content (AvgIpc) is 3.25. The van der Waals surface area contributed by atoms with E-state index in [4.69, 9.17) is 0 Å². The van der Waals surface area contributed by atoms with Gasteiger partial charge < -0.3 is 25.7 Å². The van der Waals surface area contributed by atoms with Gasteiger partial charge in [-0.05, 0) is 77.7 Å². The van der Waals surface area contributed by atoms with Gasteiger partial charge in [0.15, 0.2) is 0 Å². The van der Waals surface area contributed by atoms with Crippen molar-refractivity contribution in [1.82, 2.24) is 10.6 Å². The first-order chi connectivity index (χ1) is 20.6. The minimum absolute atomic E-state index is 0.0375. The van der Waals surface area contributed by atoms with Crippen molar-refractivity contribution < 1.29 is 19.8 Å². The molecule has 7 nitrogen and oxygen atoms in total. The highest BCUT2D eigenvalue weighted by atomic mass is 79.9. The minimum atomic E-state index is -0.685. The number of hydrogen-bond acceptors (Lipinski definition) is 7. The third kappa shape index (κ3) is 7.33. The Morgan fingerprint density at radius 1 is 1.14 bits per heavy atom. The summed E-state index contributed by atoms with van der Waals surface area (Å²) < 4.78 is 2.07. The quantitative estimate of drug-likeness (QED) is 0.162. The minimum Gasteiger partial charge on any atom is -0.392 e. The van der Waals surface area contributed by atoms with Crippen LogP contribution in [0.25, 0.3) is 20.5 Å². The number of anilines is 1. The van der Waals surface area contributed by atoms with Crippen molar-refractivity contribution in [3.8, 4) is 10.4 Å². The molecule has 1 aromatic heterocycles. The number of benzene rings is 3. The van der Waals surface area contributed by atoms with Gasteiger partial charge in [-0.3, -0.25) is 9.59 Å². The predicted octanol–water partition coefficient (Wildman–Crippen LogP) is 6.09. The van der Waals surface area contributed by atoms with E-state index in [0.29, 0.717) is 18.8 Å². The fourth-order valence-corrected chi connectivity index (χ4v) is 8.33. The van der Waals surface area contributed by atoms with E-state index in [1.807, 2.05) is 68.4 Å². The summed E-state index contributed by atoms with van der Waals surface area (Å²) in [6.45, 7) is 6.21. The van der Waals surface area contributed by atoms with E-state index < -0.39 is 17.7 Å². The Kier molecular flexibility index (Phi) is 9.95. The van der Waals surface area contributed by atoms with Crippen LogP contribution in [0.15, 0.2) is 76.1 Å². The topological polar surface area (TPSA) is 102 Å². The number of fused-ring (bicyclic) bond motifs is 2. The zero-order valence-electron chi connectivity index (χ0n) is 24.4. The van der Waals surface area contributed by atoms with E-state index >= 15 is 0 Å². The first-order valence-corrected chi connectivity index (χ1v) is 16.8. The van der Waals surface area contributed by atoms with Crippen molar-refractivity contribution in [2.45, 2.75) is 62.9 Å². The largest absolute Gasteiger partial charge is 0.392 e. The molecule has 5 rings (SSSR count). The fourth-order valence-electron chi connectivity index (χ4n) is 5.20. The molecular weight excluding hydrogens is 646 g/mol. The molecule has 4 N–H and O–H groups in total. The zero-order valence-corrected chi connectivity index (χ0v) is 27.6. The number of nitrogens with zero attached hydrogens (tertiary/aromatic N) is 1. The predicted molar refractivity (Wildman–Crippen MR) is 180 cm³/mol. The number of aliphatic hydroxyl groups is 2. The standard InChI is InChI=1S/C33H36BrN3O4S2/c1-20(39)16-35-33(2,3)15-29(40)36-25-19-42-28-11-7-6-10-26(28)37(32(25)41)17-21-12-13-27-24(14-21)30(34)31(43-27)23-9-5-4-8-22(23)18-38/h4-14,20,25,35,38-39H,15-19H2,1-3H3,(H,36,40)/t20-,25-/m1/s1. The molecule has 0 radical (unpaired) electrons. The van der Waals surface area contributed by atoms with Gasteiger partial charge in [-0.1, -0.05) is 42.5 Å². The van der Waals surface area contributed by atoms with E-state index in [1.165, 1.54) is 0 Å². The molecule has 0 saturated heterocycles. The lowest BCUT2D eigenvalue weighted by molar-refractivity contribution is -0.127. The number of para-hydroxylation sites is 1. The van der Waals surface area contributed by atoms with Gasteiger partial charge in [-0.15, -0.1) is 23.1 Å². The van der Waals surface area contributed by atoms with Crippen LogP contribution >= 0.6 is 39.0 Å². The number of carbonyl (C=O) groups excluding carboxylic acids is 2. The molecule has 0 bridgehead atoms. The van der Waals surface area contributed by atoms with E-state index in [0.717, 1.165) is 46.7 Å². The molecule has 1 aliphatic heterocycles. The van der Waals surface area contributed by atoms with E-state index in [-0.39, 0.29) is 24.8 Å². The smallest absolute Gasteiger partial charge is 0.250 e. The number of thiophene rings is 1. The van der Waals surface area contributed by atoms with Crippen LogP contribution in [0.3, 0.4) is 0 Å². The molecule has 43 heavy (non-hydrogen) atoms. The van der Waals surface area contributed by atoms with Crippen molar-refractivity contribution in [3.05, 3.63) is 82.3 Å². The third-order valence-corrected chi connectivity index (χ3v) is 10.9. The summed E-state index contributed by atoms with van der Waals surface area (Å²) in [6, 6.07) is 21.3. The summed E-state index contributed by atoms with van der Waals surface area (Å²) in [4.78, 5) is 31.0. The lowest BCUT2D eigenvalue weighted by atomic mass is 9.99. The number of aliphatic hydroxyl groups excluding tert-OH is 2. The lowest BCUT2D eigenvalue weighted by Gasteiger charge is -2.29. The maximum Gasteiger partial charge on any atom is 0.250 e. The summed E-state index contributed by atoms with van der Waals surface area (Å²) in [5.74, 6) is 0.0670. The SMILES string of the molecule is C[C@@H](O)CNC(C)(C)CC(=O)N[C@@H]1CSc2ccccc2N(Cc2ccc3sc(-c4ccccc4CO)c(Br)c3c2)C1=O. The molecule has 4 aromatic rings. The van der Waals surface area contributed by atoms with Gasteiger partial charge in [0.2, 0.25) is 5.91 Å². The first-order valence-electron chi connectivity index (χ1n) is 14.2. The number of amides is 2. The molecule has 0 saturated carbocycles. The van der Waals surface area contributed by atoms with Crippen LogP contribution in [0.5, 0.6) is 0 Å². The fraction of sp³-hybridized carbons (Fsp3) is 0.333. The molecule has 10 heteroatoms. The maximum absolute atomic E-state index is 14.0. The summed E-state index contributed by atoms with van der Waals surface area (Å²) in [5, 5.41) is 26.8.